The lowest BCUT2D eigenvalue weighted by molar-refractivity contribution is -0.209. The van der Waals surface area contributed by atoms with E-state index in [2.05, 4.69) is 0 Å². The molecule has 0 radical (unpaired) electrons. The Labute approximate surface area is 211 Å². The molecule has 0 amide bonds. The van der Waals surface area contributed by atoms with E-state index in [0.717, 1.165) is 0 Å². The molecule has 0 aromatic rings. The summed E-state index contributed by atoms with van der Waals surface area (Å²) in [6.07, 6.45) is -4.47. The van der Waals surface area contributed by atoms with Crippen LogP contribution in [0.3, 0.4) is 0 Å². The van der Waals surface area contributed by atoms with Crippen molar-refractivity contribution in [1.29, 1.82) is 0 Å². The fraction of sp³-hybridized carbons (Fsp3) is 0.857. The van der Waals surface area contributed by atoms with E-state index in [4.69, 9.17) is 56.8 Å². The molecule has 5 atom stereocenters. The highest BCUT2D eigenvalue weighted by Crippen LogP contribution is 2.24. The summed E-state index contributed by atoms with van der Waals surface area (Å²) in [4.78, 5) is 33.6. The molecule has 4 aliphatic heterocycles. The Hall–Kier alpha value is -2.47. The minimum atomic E-state index is -1.31. The van der Waals surface area contributed by atoms with E-state index >= 15 is 0 Å². The summed E-state index contributed by atoms with van der Waals surface area (Å²) in [5, 5.41) is 9.38. The summed E-state index contributed by atoms with van der Waals surface area (Å²) in [6.45, 7) is -0.466. The summed E-state index contributed by atoms with van der Waals surface area (Å²) in [5.74, 6) is 0. The fourth-order valence-electron chi connectivity index (χ4n) is 3.74. The zero-order valence-electron chi connectivity index (χ0n) is 19.9. The number of carbonyl (C=O) groups is 3. The van der Waals surface area contributed by atoms with Crippen LogP contribution in [0.5, 0.6) is 0 Å². The van der Waals surface area contributed by atoms with Gasteiger partial charge in [-0.25, -0.2) is 14.4 Å². The summed E-state index contributed by atoms with van der Waals surface area (Å²) in [5.41, 5.74) is -0.908. The van der Waals surface area contributed by atoms with Gasteiger partial charge in [0.15, 0.2) is 18.3 Å². The number of aliphatic hydroxyl groups excluding tert-OH is 1. The van der Waals surface area contributed by atoms with Crippen molar-refractivity contribution in [1.82, 2.24) is 0 Å². The molecule has 4 rings (SSSR count). The third-order valence-corrected chi connectivity index (χ3v) is 5.53. The molecule has 1 N–H and O–H groups in total. The third kappa shape index (κ3) is 8.80. The van der Waals surface area contributed by atoms with Crippen molar-refractivity contribution in [3.8, 4) is 0 Å². The van der Waals surface area contributed by atoms with Crippen LogP contribution < -0.4 is 0 Å². The van der Waals surface area contributed by atoms with Gasteiger partial charge < -0.3 is 61.9 Å². The van der Waals surface area contributed by atoms with Gasteiger partial charge in [-0.2, -0.15) is 0 Å². The van der Waals surface area contributed by atoms with Gasteiger partial charge in [-0.1, -0.05) is 0 Å². The quantitative estimate of drug-likeness (QED) is 0.193. The minimum Gasteiger partial charge on any atom is -0.430 e. The maximum atomic E-state index is 11.2. The lowest BCUT2D eigenvalue weighted by atomic mass is 9.92. The van der Waals surface area contributed by atoms with Crippen LogP contribution in [0.4, 0.5) is 14.4 Å². The highest BCUT2D eigenvalue weighted by Gasteiger charge is 2.37. The number of hydrogen-bond donors (Lipinski definition) is 1. The predicted molar refractivity (Wildman–Crippen MR) is 111 cm³/mol. The lowest BCUT2D eigenvalue weighted by Gasteiger charge is -2.33. The number of ether oxygens (including phenoxy) is 12. The van der Waals surface area contributed by atoms with E-state index in [-0.39, 0.29) is 79.3 Å². The maximum Gasteiger partial charge on any atom is 0.508 e. The minimum absolute atomic E-state index is 0.0492. The second kappa shape index (κ2) is 13.4. The Morgan fingerprint density at radius 3 is 1.30 bits per heavy atom. The molecule has 0 aromatic heterocycles. The second-order valence-electron chi connectivity index (χ2n) is 8.86. The zero-order valence-corrected chi connectivity index (χ0v) is 19.9. The first kappa shape index (κ1) is 27.6. The van der Waals surface area contributed by atoms with Crippen molar-refractivity contribution in [3.63, 3.8) is 0 Å². The van der Waals surface area contributed by atoms with Crippen LogP contribution in [0.25, 0.3) is 0 Å². The molecule has 0 spiro atoms. The fourth-order valence-corrected chi connectivity index (χ4v) is 3.74. The number of aliphatic hydroxyl groups is 1. The molecule has 37 heavy (non-hydrogen) atoms. The molecule has 0 aromatic carbocycles. The molecule has 4 aliphatic rings. The van der Waals surface area contributed by atoms with Gasteiger partial charge in [0.05, 0.1) is 64.9 Å². The Kier molecular flexibility index (Phi) is 9.95. The molecule has 0 bridgehead atoms. The first-order valence-corrected chi connectivity index (χ1v) is 11.7. The van der Waals surface area contributed by atoms with Crippen molar-refractivity contribution < 1.29 is 76.3 Å². The van der Waals surface area contributed by atoms with Crippen LogP contribution >= 0.6 is 0 Å². The third-order valence-electron chi connectivity index (χ3n) is 5.53. The van der Waals surface area contributed by atoms with Crippen molar-refractivity contribution >= 4 is 18.5 Å². The normalized spacial score (nSPS) is 30.7. The molecule has 0 aliphatic carbocycles. The standard InChI is InChI=1S/C21H30O16/c22-17-30-5-13(34-17)1-26-9-21(10-27-2-14-6-31-18(23)35-14,11-28-3-15-7-32-19(24)36-15)12-29-4-16-8-33-20(25)37-16/h13-17,22H,1-12H2. The number of rotatable bonds is 16. The Bertz CT molecular complexity index is 697. The SMILES string of the molecule is O=C1OCC(COCC(COCC2COC(=O)O2)(COCC2COC(=O)O2)COCC2COC(O)O2)O1. The van der Waals surface area contributed by atoms with Crippen LogP contribution in [-0.4, -0.2) is 134 Å². The molecule has 16 nitrogen and oxygen atoms in total. The largest absolute Gasteiger partial charge is 0.508 e. The van der Waals surface area contributed by atoms with Crippen molar-refractivity contribution in [2.24, 2.45) is 5.41 Å². The van der Waals surface area contributed by atoms with Crippen LogP contribution in [0.1, 0.15) is 0 Å². The van der Waals surface area contributed by atoms with E-state index < -0.39 is 54.8 Å². The van der Waals surface area contributed by atoms with E-state index in [1.807, 2.05) is 0 Å². The highest BCUT2D eigenvalue weighted by molar-refractivity contribution is 5.62. The smallest absolute Gasteiger partial charge is 0.430 e. The molecule has 4 fully saturated rings. The van der Waals surface area contributed by atoms with Gasteiger partial charge in [-0.3, -0.25) is 0 Å². The topological polar surface area (TPSA) is 182 Å². The van der Waals surface area contributed by atoms with Crippen LogP contribution in [0, 0.1) is 5.41 Å². The molecular formula is C21H30O16. The van der Waals surface area contributed by atoms with Gasteiger partial charge in [0.1, 0.15) is 25.9 Å². The van der Waals surface area contributed by atoms with Crippen molar-refractivity contribution in [2.45, 2.75) is 30.9 Å². The number of cyclic esters (lactones) is 6. The molecular weight excluding hydrogens is 508 g/mol. The summed E-state index contributed by atoms with van der Waals surface area (Å²) in [7, 11) is 0. The highest BCUT2D eigenvalue weighted by atomic mass is 16.8. The molecule has 0 saturated carbocycles. The molecule has 5 unspecified atom stereocenters. The number of hydrogen-bond acceptors (Lipinski definition) is 16. The summed E-state index contributed by atoms with van der Waals surface area (Å²) >= 11 is 0. The van der Waals surface area contributed by atoms with Gasteiger partial charge in [0, 0.05) is 0 Å². The second-order valence-corrected chi connectivity index (χ2v) is 8.86. The Morgan fingerprint density at radius 2 is 1.00 bits per heavy atom. The van der Waals surface area contributed by atoms with Gasteiger partial charge in [0.2, 0.25) is 0 Å². The molecule has 4 saturated heterocycles. The monoisotopic (exact) mass is 538 g/mol. The summed E-state index contributed by atoms with van der Waals surface area (Å²) in [6, 6.07) is 0. The van der Waals surface area contributed by atoms with Crippen molar-refractivity contribution in [3.05, 3.63) is 0 Å². The maximum absolute atomic E-state index is 11.2. The van der Waals surface area contributed by atoms with Gasteiger partial charge in [-0.15, -0.1) is 0 Å². The molecule has 210 valence electrons. The molecule has 16 heteroatoms. The predicted octanol–water partition coefficient (Wildman–Crippen LogP) is -0.663. The summed E-state index contributed by atoms with van der Waals surface area (Å²) < 4.78 is 62.8. The van der Waals surface area contributed by atoms with E-state index in [1.165, 1.54) is 0 Å². The van der Waals surface area contributed by atoms with Crippen LogP contribution in [0.2, 0.25) is 0 Å². The average molecular weight is 538 g/mol. The van der Waals surface area contributed by atoms with Gasteiger partial charge in [0.25, 0.3) is 6.48 Å². The lowest BCUT2D eigenvalue weighted by Crippen LogP contribution is -2.44. The van der Waals surface area contributed by atoms with Crippen LogP contribution in [0.15, 0.2) is 0 Å². The molecule has 4 heterocycles. The van der Waals surface area contributed by atoms with Crippen molar-refractivity contribution in [2.75, 3.05) is 79.3 Å². The Morgan fingerprint density at radius 1 is 0.622 bits per heavy atom. The zero-order chi connectivity index (χ0) is 26.1. The Balaban J connectivity index is 1.34. The van der Waals surface area contributed by atoms with E-state index in [0.29, 0.717) is 0 Å². The first-order valence-electron chi connectivity index (χ1n) is 11.7. The first-order chi connectivity index (χ1) is 17.9. The van der Waals surface area contributed by atoms with Gasteiger partial charge in [-0.05, 0) is 0 Å². The average Bonchev–Trinajstić information content (AvgIpc) is 3.65. The van der Waals surface area contributed by atoms with Gasteiger partial charge >= 0.3 is 18.5 Å². The number of carbonyl (C=O) groups excluding carboxylic acids is 3. The van der Waals surface area contributed by atoms with Crippen LogP contribution in [-0.2, 0) is 56.8 Å². The van der Waals surface area contributed by atoms with E-state index in [1.54, 1.807) is 0 Å². The van der Waals surface area contributed by atoms with E-state index in [9.17, 15) is 19.5 Å².